The van der Waals surface area contributed by atoms with Gasteiger partial charge in [0.2, 0.25) is 0 Å². The largest absolute Gasteiger partial charge is 1.00 e. The molecule has 36 heavy (non-hydrogen) atoms. The van der Waals surface area contributed by atoms with Gasteiger partial charge in [-0.25, -0.2) is 0 Å². The average Bonchev–Trinajstić information content (AvgIpc) is 3.39. The summed E-state index contributed by atoms with van der Waals surface area (Å²) in [5, 5.41) is 0. The van der Waals surface area contributed by atoms with Gasteiger partial charge in [-0.1, -0.05) is 0 Å². The third-order valence-corrected chi connectivity index (χ3v) is 13.0. The Bertz CT molecular complexity index is 1550. The van der Waals surface area contributed by atoms with Crippen molar-refractivity contribution in [3.63, 3.8) is 0 Å². The minimum atomic E-state index is -1.05. The van der Waals surface area contributed by atoms with Crippen molar-refractivity contribution in [1.82, 2.24) is 0 Å². The van der Waals surface area contributed by atoms with Gasteiger partial charge in [-0.2, -0.15) is 0 Å². The summed E-state index contributed by atoms with van der Waals surface area (Å²) in [5.41, 5.74) is 8.59. The number of rotatable bonds is 3. The van der Waals surface area contributed by atoms with Crippen molar-refractivity contribution in [1.29, 1.82) is 0 Å². The van der Waals surface area contributed by atoms with Gasteiger partial charge in [0.25, 0.3) is 0 Å². The number of fused-ring (bicyclic) bond motifs is 4. The van der Waals surface area contributed by atoms with Crippen LogP contribution in [0.1, 0.15) is 45.2 Å². The van der Waals surface area contributed by atoms with Gasteiger partial charge in [0.1, 0.15) is 0 Å². The van der Waals surface area contributed by atoms with Crippen LogP contribution >= 0.6 is 43.6 Å². The zero-order valence-electron chi connectivity index (χ0n) is 18.8. The molecule has 4 aromatic rings. The molecule has 1 aliphatic heterocycles. The van der Waals surface area contributed by atoms with E-state index in [9.17, 15) is 0 Å². The standard InChI is InChI=1S/C15H8BrS.C15H10Br.2ClH.Zr/c16-14-7-6-12-11-4-5-13(12)15(14)17-10-3-1-2-9(11)8-10;16-13-7-9-15-12(10-13)6-8-14(15)11-4-2-1-3-5-11;;;/h1-3,5-8,11H;1-7,9-10,14H;2*1H;/q;;;;+2/p-2. The van der Waals surface area contributed by atoms with Gasteiger partial charge in [0.05, 0.1) is 0 Å². The van der Waals surface area contributed by atoms with Crippen LogP contribution in [-0.4, -0.2) is 0 Å². The van der Waals surface area contributed by atoms with Crippen LogP contribution < -0.4 is 24.8 Å². The monoisotopic (exact) mass is 728 g/mol. The van der Waals surface area contributed by atoms with Crippen molar-refractivity contribution in [2.75, 3.05) is 0 Å². The molecule has 0 saturated carbocycles. The predicted molar refractivity (Wildman–Crippen MR) is 145 cm³/mol. The third-order valence-electron chi connectivity index (χ3n) is 6.92. The molecule has 0 radical (unpaired) electrons. The van der Waals surface area contributed by atoms with Gasteiger partial charge >= 0.3 is 234 Å². The predicted octanol–water partition coefficient (Wildman–Crippen LogP) is 3.44. The normalized spacial score (nSPS) is 17.9. The molecule has 6 heteroatoms. The molecule has 0 saturated heterocycles. The van der Waals surface area contributed by atoms with Gasteiger partial charge in [0.15, 0.2) is 0 Å². The molecule has 2 atom stereocenters. The number of benzene rings is 4. The van der Waals surface area contributed by atoms with Crippen LogP contribution in [0.2, 0.25) is 0 Å². The van der Waals surface area contributed by atoms with Crippen LogP contribution in [0.5, 0.6) is 0 Å². The Hall–Kier alpha value is -0.867. The van der Waals surface area contributed by atoms with E-state index in [4.69, 9.17) is 0 Å². The molecule has 3 aliphatic rings. The molecular formula is C30H18Br2Cl2SZr. The van der Waals surface area contributed by atoms with Crippen molar-refractivity contribution in [3.05, 3.63) is 134 Å². The molecule has 1 heterocycles. The Morgan fingerprint density at radius 3 is 2.22 bits per heavy atom. The van der Waals surface area contributed by atoms with E-state index in [1.54, 1.807) is 6.56 Å². The maximum atomic E-state index is 3.84. The summed E-state index contributed by atoms with van der Waals surface area (Å²) in [4.78, 5) is 2.70. The average molecular weight is 732 g/mol. The maximum absolute atomic E-state index is 3.84. The summed E-state index contributed by atoms with van der Waals surface area (Å²) in [6.45, 7) is 0. The van der Waals surface area contributed by atoms with Crippen LogP contribution in [-0.2, 0) is 23.2 Å². The minimum absolute atomic E-state index is 0. The smallest absolute Gasteiger partial charge is 1.00 e. The van der Waals surface area contributed by atoms with Gasteiger partial charge in [0, 0.05) is 0 Å². The molecule has 0 aromatic heterocycles. The molecule has 7 rings (SSSR count). The Balaban J connectivity index is 0.00000133. The minimum Gasteiger partial charge on any atom is -1.00 e. The molecule has 4 aromatic carbocycles. The van der Waals surface area contributed by atoms with Crippen molar-refractivity contribution in [3.8, 4) is 0 Å². The summed E-state index contributed by atoms with van der Waals surface area (Å²) in [6, 6.07) is 31.7. The summed E-state index contributed by atoms with van der Waals surface area (Å²) in [5.74, 6) is 0.764. The van der Waals surface area contributed by atoms with E-state index in [1.165, 1.54) is 47.6 Å². The van der Waals surface area contributed by atoms with Crippen LogP contribution in [0.15, 0.2) is 110 Å². The van der Waals surface area contributed by atoms with Crippen molar-refractivity contribution >= 4 is 55.8 Å². The number of halogens is 4. The molecule has 0 spiro atoms. The Morgan fingerprint density at radius 1 is 0.667 bits per heavy atom. The first kappa shape index (κ1) is 26.7. The Labute approximate surface area is 256 Å². The van der Waals surface area contributed by atoms with Crippen molar-refractivity contribution in [2.45, 2.75) is 21.6 Å². The SMILES string of the molecule is Brc1ccc2c(c1)C=[C]([Zr+2][C]1=Cc3c4ccc(Br)c3Sc3cccc(c3)C14)C2c1ccccc1.[Cl-].[Cl-]. The van der Waals surface area contributed by atoms with E-state index < -0.39 is 23.2 Å². The first-order valence-electron chi connectivity index (χ1n) is 11.3. The molecule has 0 amide bonds. The van der Waals surface area contributed by atoms with Gasteiger partial charge in [-0.05, 0) is 0 Å². The molecule has 0 N–H and O–H groups in total. The molecule has 0 nitrogen and oxygen atoms in total. The fraction of sp³-hybridized carbons (Fsp3) is 0.0667. The zero-order chi connectivity index (χ0) is 22.8. The van der Waals surface area contributed by atoms with E-state index >= 15 is 0 Å². The van der Waals surface area contributed by atoms with Crippen LogP contribution in [0.4, 0.5) is 0 Å². The number of allylic oxidation sites excluding steroid dienone is 2. The fourth-order valence-electron chi connectivity index (χ4n) is 5.47. The Kier molecular flexibility index (Phi) is 7.96. The summed E-state index contributed by atoms with van der Waals surface area (Å²) < 4.78 is 5.66. The summed E-state index contributed by atoms with van der Waals surface area (Å²) in [7, 11) is 0. The van der Waals surface area contributed by atoms with E-state index in [0.717, 1.165) is 4.47 Å². The first-order valence-corrected chi connectivity index (χ1v) is 16.2. The van der Waals surface area contributed by atoms with Gasteiger partial charge < -0.3 is 24.8 Å². The molecule has 2 unspecified atom stereocenters. The number of hydrogen-bond acceptors (Lipinski definition) is 1. The second-order valence-electron chi connectivity index (χ2n) is 8.93. The van der Waals surface area contributed by atoms with Crippen LogP contribution in [0.3, 0.4) is 0 Å². The quantitative estimate of drug-likeness (QED) is 0.312. The topological polar surface area (TPSA) is 0 Å². The summed E-state index contributed by atoms with van der Waals surface area (Å²) >= 11 is 8.37. The molecule has 2 aliphatic carbocycles. The molecule has 6 bridgehead atoms. The van der Waals surface area contributed by atoms with Crippen molar-refractivity contribution in [2.24, 2.45) is 0 Å². The van der Waals surface area contributed by atoms with Gasteiger partial charge in [-0.3, -0.25) is 0 Å². The second kappa shape index (κ2) is 10.7. The number of hydrogen-bond donors (Lipinski definition) is 0. The van der Waals surface area contributed by atoms with E-state index in [1.807, 2.05) is 11.8 Å². The third kappa shape index (κ3) is 4.51. The van der Waals surface area contributed by atoms with E-state index in [0.29, 0.717) is 11.8 Å². The zero-order valence-corrected chi connectivity index (χ0v) is 26.8. The first-order chi connectivity index (χ1) is 16.7. The summed E-state index contributed by atoms with van der Waals surface area (Å²) in [6.07, 6.45) is 5.06. The molecule has 176 valence electrons. The fourth-order valence-corrected chi connectivity index (χ4v) is 11.7. The maximum Gasteiger partial charge on any atom is -1.00 e. The Morgan fingerprint density at radius 2 is 1.39 bits per heavy atom. The van der Waals surface area contributed by atoms with Crippen LogP contribution in [0, 0.1) is 0 Å². The second-order valence-corrected chi connectivity index (χ2v) is 15.2. The van der Waals surface area contributed by atoms with E-state index in [2.05, 4.69) is 129 Å². The van der Waals surface area contributed by atoms with Crippen molar-refractivity contribution < 1.29 is 48.0 Å². The van der Waals surface area contributed by atoms with Gasteiger partial charge in [-0.15, -0.1) is 0 Å². The molecular weight excluding hydrogens is 714 g/mol. The van der Waals surface area contributed by atoms with Crippen LogP contribution in [0.25, 0.3) is 12.2 Å². The molecule has 0 fully saturated rings. The van der Waals surface area contributed by atoms with E-state index in [-0.39, 0.29) is 24.8 Å².